The van der Waals surface area contributed by atoms with Crippen molar-refractivity contribution in [3.8, 4) is 28.5 Å². The van der Waals surface area contributed by atoms with Crippen LogP contribution in [0.2, 0.25) is 0 Å². The molecular weight excluding hydrogens is 542 g/mol. The number of aromatic nitrogens is 5. The molecule has 0 aliphatic carbocycles. The Morgan fingerprint density at radius 2 is 1.74 bits per heavy atom. The average Bonchev–Trinajstić information content (AvgIpc) is 3.43. The fourth-order valence-corrected chi connectivity index (χ4v) is 4.73. The maximum Gasteiger partial charge on any atom is 0.309 e. The van der Waals surface area contributed by atoms with Crippen molar-refractivity contribution in [3.05, 3.63) is 120 Å². The molecule has 4 heterocycles. The molecule has 4 aromatic heterocycles. The number of pyridine rings is 3. The molecule has 0 bridgehead atoms. The zero-order valence-electron chi connectivity index (χ0n) is 23.3. The van der Waals surface area contributed by atoms with Gasteiger partial charge in [-0.1, -0.05) is 48.5 Å². The van der Waals surface area contributed by atoms with Crippen LogP contribution in [-0.4, -0.2) is 43.5 Å². The summed E-state index contributed by atoms with van der Waals surface area (Å²) in [5, 5.41) is 2.91. The molecule has 43 heavy (non-hydrogen) atoms. The highest BCUT2D eigenvalue weighted by Crippen LogP contribution is 2.31. The minimum atomic E-state index is -0.366. The molecule has 2 aromatic carbocycles. The van der Waals surface area contributed by atoms with Crippen molar-refractivity contribution < 1.29 is 14.3 Å². The molecule has 1 amide bonds. The number of nitrogens with zero attached hydrogens (tertiary/aromatic N) is 5. The average molecular weight is 570 g/mol. The molecule has 0 saturated heterocycles. The van der Waals surface area contributed by atoms with Crippen LogP contribution in [0.3, 0.4) is 0 Å². The molecule has 3 N–H and O–H groups in total. The topological polar surface area (TPSA) is 138 Å². The Kier molecular flexibility index (Phi) is 7.56. The van der Waals surface area contributed by atoms with Gasteiger partial charge in [-0.3, -0.25) is 14.2 Å². The molecular formula is C33H27N7O3. The highest BCUT2D eigenvalue weighted by atomic mass is 16.5. The monoisotopic (exact) mass is 569 g/mol. The van der Waals surface area contributed by atoms with Gasteiger partial charge in [-0.25, -0.2) is 19.9 Å². The summed E-state index contributed by atoms with van der Waals surface area (Å²) in [6.07, 6.45) is 3.43. The molecule has 0 spiro atoms. The summed E-state index contributed by atoms with van der Waals surface area (Å²) in [4.78, 5) is 43.2. The Morgan fingerprint density at radius 1 is 0.884 bits per heavy atom. The van der Waals surface area contributed by atoms with Crippen LogP contribution in [0.4, 0.5) is 5.82 Å². The second-order valence-corrected chi connectivity index (χ2v) is 9.77. The first-order valence-electron chi connectivity index (χ1n) is 13.5. The van der Waals surface area contributed by atoms with Crippen molar-refractivity contribution >= 4 is 28.9 Å². The van der Waals surface area contributed by atoms with E-state index in [1.54, 1.807) is 36.7 Å². The molecule has 212 valence electrons. The maximum absolute atomic E-state index is 12.8. The molecule has 0 aliphatic rings. The number of esters is 1. The molecule has 6 aromatic rings. The summed E-state index contributed by atoms with van der Waals surface area (Å²) in [7, 11) is 1.33. The van der Waals surface area contributed by atoms with Gasteiger partial charge in [0.05, 0.1) is 24.8 Å². The second-order valence-electron chi connectivity index (χ2n) is 9.77. The van der Waals surface area contributed by atoms with Crippen molar-refractivity contribution in [3.63, 3.8) is 0 Å². The van der Waals surface area contributed by atoms with E-state index in [4.69, 9.17) is 25.4 Å². The summed E-state index contributed by atoms with van der Waals surface area (Å²) >= 11 is 0. The third kappa shape index (κ3) is 5.80. The standard InChI is InChI=1S/C33H27N7O3/c1-43-29(41)18-21-7-5-10-24(17-21)33(42)37-20-22-12-15-28(36-19-22)40-31(25-11-6-16-35-30(25)34)39-27-14-13-26(38-32(27)40)23-8-3-2-4-9-23/h2-17,19H,18,20H2,1H3,(H2,34,35)(H,37,42). The Morgan fingerprint density at radius 3 is 2.51 bits per heavy atom. The number of hydrogen-bond donors (Lipinski definition) is 2. The SMILES string of the molecule is COC(=O)Cc1cccc(C(=O)NCc2ccc(-n3c(-c4cccnc4N)nc4ccc(-c5ccccc5)nc43)nc2)c1. The van der Waals surface area contributed by atoms with E-state index >= 15 is 0 Å². The van der Waals surface area contributed by atoms with Gasteiger partial charge in [0, 0.05) is 30.1 Å². The summed E-state index contributed by atoms with van der Waals surface area (Å²) in [6, 6.07) is 28.1. The van der Waals surface area contributed by atoms with Gasteiger partial charge in [-0.05, 0) is 53.6 Å². The van der Waals surface area contributed by atoms with Gasteiger partial charge < -0.3 is 15.8 Å². The number of amides is 1. The third-order valence-corrected chi connectivity index (χ3v) is 6.91. The van der Waals surface area contributed by atoms with Crippen LogP contribution >= 0.6 is 0 Å². The number of nitrogen functional groups attached to an aromatic ring is 1. The number of imidazole rings is 1. The van der Waals surface area contributed by atoms with E-state index in [-0.39, 0.29) is 24.8 Å². The van der Waals surface area contributed by atoms with Crippen LogP contribution in [0, 0.1) is 0 Å². The Bertz CT molecular complexity index is 1940. The molecule has 0 saturated carbocycles. The summed E-state index contributed by atoms with van der Waals surface area (Å²) in [6.45, 7) is 0.261. The van der Waals surface area contributed by atoms with E-state index in [1.807, 2.05) is 71.3 Å². The zero-order valence-corrected chi connectivity index (χ0v) is 23.3. The van der Waals surface area contributed by atoms with Gasteiger partial charge in [-0.2, -0.15) is 0 Å². The van der Waals surface area contributed by atoms with Gasteiger partial charge in [0.25, 0.3) is 5.91 Å². The largest absolute Gasteiger partial charge is 0.469 e. The lowest BCUT2D eigenvalue weighted by molar-refractivity contribution is -0.139. The predicted molar refractivity (Wildman–Crippen MR) is 163 cm³/mol. The molecule has 10 heteroatoms. The molecule has 0 atom stereocenters. The zero-order chi connectivity index (χ0) is 29.8. The highest BCUT2D eigenvalue weighted by Gasteiger charge is 2.19. The van der Waals surface area contributed by atoms with E-state index in [0.717, 1.165) is 16.8 Å². The second kappa shape index (κ2) is 11.9. The van der Waals surface area contributed by atoms with Crippen molar-refractivity contribution in [2.45, 2.75) is 13.0 Å². The number of nitrogens with two attached hydrogens (primary N) is 1. The van der Waals surface area contributed by atoms with Gasteiger partial charge in [0.2, 0.25) is 0 Å². The van der Waals surface area contributed by atoms with Crippen LogP contribution in [0.1, 0.15) is 21.5 Å². The molecule has 10 nitrogen and oxygen atoms in total. The Labute approximate surface area is 247 Å². The van der Waals surface area contributed by atoms with Crippen LogP contribution in [0.15, 0.2) is 103 Å². The van der Waals surface area contributed by atoms with Crippen molar-refractivity contribution in [1.82, 2.24) is 29.8 Å². The number of rotatable bonds is 8. The van der Waals surface area contributed by atoms with Gasteiger partial charge in [0.15, 0.2) is 11.5 Å². The molecule has 0 fully saturated rings. The molecule has 6 rings (SSSR count). The summed E-state index contributed by atoms with van der Waals surface area (Å²) < 4.78 is 6.58. The predicted octanol–water partition coefficient (Wildman–Crippen LogP) is 4.77. The smallest absolute Gasteiger partial charge is 0.309 e. The van der Waals surface area contributed by atoms with E-state index in [2.05, 4.69) is 10.3 Å². The number of nitrogens with one attached hydrogen (secondary N) is 1. The van der Waals surface area contributed by atoms with Crippen molar-refractivity contribution in [1.29, 1.82) is 0 Å². The third-order valence-electron chi connectivity index (χ3n) is 6.91. The summed E-state index contributed by atoms with van der Waals surface area (Å²) in [5.74, 6) is 0.874. The highest BCUT2D eigenvalue weighted by molar-refractivity contribution is 5.94. The first kappa shape index (κ1) is 27.3. The number of methoxy groups -OCH3 is 1. The number of carbonyl (C=O) groups is 2. The Balaban J connectivity index is 1.30. The quantitative estimate of drug-likeness (QED) is 0.250. The van der Waals surface area contributed by atoms with Gasteiger partial charge >= 0.3 is 5.97 Å². The number of fused-ring (bicyclic) bond motifs is 1. The molecule has 0 radical (unpaired) electrons. The number of hydrogen-bond acceptors (Lipinski definition) is 8. The number of benzene rings is 2. The lowest BCUT2D eigenvalue weighted by Gasteiger charge is -2.11. The van der Waals surface area contributed by atoms with Crippen molar-refractivity contribution in [2.24, 2.45) is 0 Å². The lowest BCUT2D eigenvalue weighted by atomic mass is 10.1. The summed E-state index contributed by atoms with van der Waals surface area (Å²) in [5.41, 5.74) is 12.0. The van der Waals surface area contributed by atoms with Crippen LogP contribution < -0.4 is 11.1 Å². The normalized spacial score (nSPS) is 10.9. The van der Waals surface area contributed by atoms with E-state index < -0.39 is 0 Å². The number of anilines is 1. The minimum Gasteiger partial charge on any atom is -0.469 e. The fraction of sp³-hybridized carbons (Fsp3) is 0.0909. The first-order chi connectivity index (χ1) is 21.0. The lowest BCUT2D eigenvalue weighted by Crippen LogP contribution is -2.23. The molecule has 0 aliphatic heterocycles. The van der Waals surface area contributed by atoms with E-state index in [0.29, 0.717) is 45.3 Å². The minimum absolute atomic E-state index is 0.0975. The van der Waals surface area contributed by atoms with Crippen LogP contribution in [-0.2, 0) is 22.5 Å². The fourth-order valence-electron chi connectivity index (χ4n) is 4.73. The van der Waals surface area contributed by atoms with Gasteiger partial charge in [0.1, 0.15) is 17.2 Å². The number of carbonyl (C=O) groups excluding carboxylic acids is 2. The van der Waals surface area contributed by atoms with E-state index in [1.165, 1.54) is 7.11 Å². The van der Waals surface area contributed by atoms with Crippen molar-refractivity contribution in [2.75, 3.05) is 12.8 Å². The van der Waals surface area contributed by atoms with Gasteiger partial charge in [-0.15, -0.1) is 0 Å². The van der Waals surface area contributed by atoms with Crippen LogP contribution in [0.5, 0.6) is 0 Å². The Hall–Kier alpha value is -5.90. The van der Waals surface area contributed by atoms with Crippen LogP contribution in [0.25, 0.3) is 39.6 Å². The molecule has 0 unspecified atom stereocenters. The first-order valence-corrected chi connectivity index (χ1v) is 13.5. The number of ether oxygens (including phenoxy) is 1. The van der Waals surface area contributed by atoms with E-state index in [9.17, 15) is 9.59 Å². The maximum atomic E-state index is 12.8.